The van der Waals surface area contributed by atoms with Crippen molar-refractivity contribution in [2.75, 3.05) is 13.1 Å². The zero-order valence-corrected chi connectivity index (χ0v) is 12.6. The lowest BCUT2D eigenvalue weighted by Gasteiger charge is -2.08. The van der Waals surface area contributed by atoms with E-state index in [4.69, 9.17) is 4.52 Å². The molecule has 0 radical (unpaired) electrons. The minimum atomic E-state index is -0.204. The van der Waals surface area contributed by atoms with Crippen LogP contribution < -0.4 is 10.6 Å². The van der Waals surface area contributed by atoms with Crippen LogP contribution in [0.25, 0.3) is 11.3 Å². The Morgan fingerprint density at radius 3 is 2.81 bits per heavy atom. The molecule has 2 heterocycles. The Balaban J connectivity index is 0.00000161. The molecular formula is C15H18ClN3O2. The van der Waals surface area contributed by atoms with Gasteiger partial charge in [-0.15, -0.1) is 12.4 Å². The van der Waals surface area contributed by atoms with Crippen molar-refractivity contribution in [2.45, 2.75) is 19.4 Å². The lowest BCUT2D eigenvalue weighted by molar-refractivity contribution is 0.0903. The molecule has 0 saturated carbocycles. The average Bonchev–Trinajstić information content (AvgIpc) is 3.10. The van der Waals surface area contributed by atoms with Crippen LogP contribution in [0, 0.1) is 6.92 Å². The second-order valence-corrected chi connectivity index (χ2v) is 5.11. The molecule has 1 aliphatic heterocycles. The Bertz CT molecular complexity index is 604. The van der Waals surface area contributed by atoms with Gasteiger partial charge in [-0.1, -0.05) is 35.0 Å². The van der Waals surface area contributed by atoms with E-state index in [1.807, 2.05) is 31.2 Å². The summed E-state index contributed by atoms with van der Waals surface area (Å²) in [5.41, 5.74) is 2.81. The number of benzene rings is 1. The average molecular weight is 308 g/mol. The molecule has 3 rings (SSSR count). The highest BCUT2D eigenvalue weighted by Crippen LogP contribution is 2.19. The van der Waals surface area contributed by atoms with E-state index in [9.17, 15) is 4.79 Å². The Labute approximate surface area is 129 Å². The molecule has 1 aromatic heterocycles. The van der Waals surface area contributed by atoms with Crippen molar-refractivity contribution < 1.29 is 9.32 Å². The van der Waals surface area contributed by atoms with Crippen molar-refractivity contribution in [3.8, 4) is 11.3 Å². The normalized spacial score (nSPS) is 17.3. The fourth-order valence-electron chi connectivity index (χ4n) is 2.28. The summed E-state index contributed by atoms with van der Waals surface area (Å²) < 4.78 is 5.14. The summed E-state index contributed by atoms with van der Waals surface area (Å²) >= 11 is 0. The first-order chi connectivity index (χ1) is 9.72. The van der Waals surface area contributed by atoms with Crippen LogP contribution in [0.2, 0.25) is 0 Å². The fraction of sp³-hybridized carbons (Fsp3) is 0.333. The molecule has 1 amide bonds. The monoisotopic (exact) mass is 307 g/mol. The Morgan fingerprint density at radius 2 is 2.14 bits per heavy atom. The van der Waals surface area contributed by atoms with Gasteiger partial charge >= 0.3 is 0 Å². The number of nitrogens with one attached hydrogen (secondary N) is 2. The van der Waals surface area contributed by atoms with Gasteiger partial charge in [0.25, 0.3) is 5.91 Å². The molecule has 2 N–H and O–H groups in total. The molecule has 21 heavy (non-hydrogen) atoms. The van der Waals surface area contributed by atoms with Crippen molar-refractivity contribution in [3.63, 3.8) is 0 Å². The predicted octanol–water partition coefficient (Wildman–Crippen LogP) is 2.16. The number of nitrogens with zero attached hydrogens (tertiary/aromatic N) is 1. The molecule has 1 aromatic carbocycles. The van der Waals surface area contributed by atoms with E-state index in [0.29, 0.717) is 5.69 Å². The Hall–Kier alpha value is -1.85. The third kappa shape index (κ3) is 3.62. The van der Waals surface area contributed by atoms with Crippen LogP contribution in [-0.4, -0.2) is 30.2 Å². The molecule has 1 aliphatic rings. The summed E-state index contributed by atoms with van der Waals surface area (Å²) in [6, 6.07) is 9.81. The van der Waals surface area contributed by atoms with Gasteiger partial charge in [-0.3, -0.25) is 4.79 Å². The molecule has 1 unspecified atom stereocenters. The predicted molar refractivity (Wildman–Crippen MR) is 82.7 cm³/mol. The van der Waals surface area contributed by atoms with Crippen LogP contribution in [0.5, 0.6) is 0 Å². The lowest BCUT2D eigenvalue weighted by Crippen LogP contribution is -2.35. The van der Waals surface area contributed by atoms with E-state index in [1.165, 1.54) is 5.56 Å². The second-order valence-electron chi connectivity index (χ2n) is 5.11. The van der Waals surface area contributed by atoms with E-state index >= 15 is 0 Å². The molecule has 1 atom stereocenters. The number of amides is 1. The highest BCUT2D eigenvalue weighted by Gasteiger charge is 2.20. The smallest absolute Gasteiger partial charge is 0.290 e. The van der Waals surface area contributed by atoms with Crippen LogP contribution >= 0.6 is 12.4 Å². The number of rotatable bonds is 3. The lowest BCUT2D eigenvalue weighted by atomic mass is 10.1. The maximum Gasteiger partial charge on any atom is 0.290 e. The van der Waals surface area contributed by atoms with Gasteiger partial charge in [0.05, 0.1) is 0 Å². The number of carbonyl (C=O) groups is 1. The first-order valence-electron chi connectivity index (χ1n) is 6.78. The molecule has 0 aliphatic carbocycles. The van der Waals surface area contributed by atoms with Gasteiger partial charge in [0, 0.05) is 24.2 Å². The molecule has 1 fully saturated rings. The van der Waals surface area contributed by atoms with E-state index in [-0.39, 0.29) is 30.1 Å². The summed E-state index contributed by atoms with van der Waals surface area (Å²) in [5.74, 6) is 0.0528. The van der Waals surface area contributed by atoms with E-state index in [2.05, 4.69) is 15.8 Å². The third-order valence-corrected chi connectivity index (χ3v) is 3.48. The van der Waals surface area contributed by atoms with Crippen molar-refractivity contribution in [2.24, 2.45) is 0 Å². The standard InChI is InChI=1S/C15H17N3O2.ClH/c1-10-2-4-11(5-3-10)13-8-14(20-18-13)15(19)17-12-6-7-16-9-12;/h2-5,8,12,16H,6-7,9H2,1H3,(H,17,19);1H. The molecule has 6 heteroatoms. The highest BCUT2D eigenvalue weighted by atomic mass is 35.5. The topological polar surface area (TPSA) is 67.2 Å². The fourth-order valence-corrected chi connectivity index (χ4v) is 2.28. The number of hydrogen-bond donors (Lipinski definition) is 2. The molecule has 0 bridgehead atoms. The minimum absolute atomic E-state index is 0. The van der Waals surface area contributed by atoms with Gasteiger partial charge in [-0.25, -0.2) is 0 Å². The SMILES string of the molecule is Cc1ccc(-c2cc(C(=O)NC3CCNC3)on2)cc1.Cl. The number of aromatic nitrogens is 1. The molecule has 5 nitrogen and oxygen atoms in total. The summed E-state index contributed by atoms with van der Waals surface area (Å²) in [6.07, 6.45) is 0.949. The number of halogens is 1. The van der Waals surface area contributed by atoms with E-state index < -0.39 is 0 Å². The highest BCUT2D eigenvalue weighted by molar-refractivity contribution is 5.92. The molecule has 1 saturated heterocycles. The first kappa shape index (κ1) is 15.5. The zero-order chi connectivity index (χ0) is 13.9. The van der Waals surface area contributed by atoms with Crippen molar-refractivity contribution in [1.29, 1.82) is 0 Å². The van der Waals surface area contributed by atoms with Crippen LogP contribution in [0.4, 0.5) is 0 Å². The molecule has 0 spiro atoms. The first-order valence-corrected chi connectivity index (χ1v) is 6.78. The molecule has 2 aromatic rings. The van der Waals surface area contributed by atoms with Gasteiger partial charge < -0.3 is 15.2 Å². The summed E-state index contributed by atoms with van der Waals surface area (Å²) in [4.78, 5) is 12.0. The van der Waals surface area contributed by atoms with Crippen LogP contribution in [0.1, 0.15) is 22.5 Å². The third-order valence-electron chi connectivity index (χ3n) is 3.48. The minimum Gasteiger partial charge on any atom is -0.350 e. The zero-order valence-electron chi connectivity index (χ0n) is 11.8. The summed E-state index contributed by atoms with van der Waals surface area (Å²) in [7, 11) is 0. The van der Waals surface area contributed by atoms with E-state index in [1.54, 1.807) is 6.07 Å². The second kappa shape index (κ2) is 6.74. The van der Waals surface area contributed by atoms with Gasteiger partial charge in [0.15, 0.2) is 0 Å². The molecule has 112 valence electrons. The Kier molecular flexibility index (Phi) is 4.98. The van der Waals surface area contributed by atoms with Crippen LogP contribution in [-0.2, 0) is 0 Å². The van der Waals surface area contributed by atoms with Gasteiger partial charge in [0.1, 0.15) is 5.69 Å². The maximum atomic E-state index is 12.0. The summed E-state index contributed by atoms with van der Waals surface area (Å²) in [5, 5.41) is 10.1. The van der Waals surface area contributed by atoms with Gasteiger partial charge in [-0.2, -0.15) is 0 Å². The van der Waals surface area contributed by atoms with Gasteiger partial charge in [-0.05, 0) is 19.9 Å². The van der Waals surface area contributed by atoms with E-state index in [0.717, 1.165) is 25.1 Å². The van der Waals surface area contributed by atoms with Gasteiger partial charge in [0.2, 0.25) is 5.76 Å². The Morgan fingerprint density at radius 1 is 1.38 bits per heavy atom. The van der Waals surface area contributed by atoms with Crippen LogP contribution in [0.3, 0.4) is 0 Å². The molecular weight excluding hydrogens is 290 g/mol. The quantitative estimate of drug-likeness (QED) is 0.912. The number of aryl methyl sites for hydroxylation is 1. The van der Waals surface area contributed by atoms with Crippen molar-refractivity contribution in [1.82, 2.24) is 15.8 Å². The van der Waals surface area contributed by atoms with Crippen LogP contribution in [0.15, 0.2) is 34.9 Å². The largest absolute Gasteiger partial charge is 0.350 e. The summed E-state index contributed by atoms with van der Waals surface area (Å²) in [6.45, 7) is 3.78. The maximum absolute atomic E-state index is 12.0. The number of hydrogen-bond acceptors (Lipinski definition) is 4. The van der Waals surface area contributed by atoms with Crippen molar-refractivity contribution in [3.05, 3.63) is 41.7 Å². The van der Waals surface area contributed by atoms with Crippen molar-refractivity contribution >= 4 is 18.3 Å². The number of carbonyl (C=O) groups excluding carboxylic acids is 1.